The molecule has 41 heavy (non-hydrogen) atoms. The predicted octanol–water partition coefficient (Wildman–Crippen LogP) is 3.96. The lowest BCUT2D eigenvalue weighted by molar-refractivity contribution is -0.131. The molecule has 0 saturated carbocycles. The molecule has 1 heterocycles. The highest BCUT2D eigenvalue weighted by atomic mass is 19.1. The number of benzene rings is 1. The second-order valence-electron chi connectivity index (χ2n) is 11.0. The number of aryl methyl sites for hydroxylation is 1. The summed E-state index contributed by atoms with van der Waals surface area (Å²) in [5.74, 6) is -2.17. The Morgan fingerprint density at radius 3 is 2.51 bits per heavy atom. The van der Waals surface area contributed by atoms with E-state index in [1.54, 1.807) is 19.2 Å². The Labute approximate surface area is 243 Å². The van der Waals surface area contributed by atoms with Crippen LogP contribution < -0.4 is 4.74 Å². The number of pyridine rings is 1. The highest BCUT2D eigenvalue weighted by Crippen LogP contribution is 2.43. The van der Waals surface area contributed by atoms with Crippen LogP contribution in [0.15, 0.2) is 24.4 Å². The number of alkyl halides is 1. The van der Waals surface area contributed by atoms with Crippen LogP contribution in [0, 0.1) is 23.7 Å². The molecule has 0 bridgehead atoms. The second kappa shape index (κ2) is 15.7. The van der Waals surface area contributed by atoms with Crippen LogP contribution in [0.25, 0.3) is 11.1 Å². The molecule has 1 aliphatic carbocycles. The highest BCUT2D eigenvalue weighted by molar-refractivity contribution is 6.03. The third kappa shape index (κ3) is 8.40. The summed E-state index contributed by atoms with van der Waals surface area (Å²) in [4.78, 5) is 42.1. The molecule has 0 spiro atoms. The molecule has 0 aliphatic heterocycles. The maximum Gasteiger partial charge on any atom is 0.212 e. The molecule has 4 atom stereocenters. The zero-order valence-electron chi connectivity index (χ0n) is 24.0. The number of carbonyl (C=O) groups excluding carboxylic acids is 3. The van der Waals surface area contributed by atoms with Crippen LogP contribution >= 0.6 is 0 Å². The number of methoxy groups -OCH3 is 1. The number of rotatable bonds is 15. The quantitative estimate of drug-likeness (QED) is 0.267. The Morgan fingerprint density at radius 1 is 1.22 bits per heavy atom. The van der Waals surface area contributed by atoms with Crippen molar-refractivity contribution in [2.75, 3.05) is 27.0 Å². The summed E-state index contributed by atoms with van der Waals surface area (Å²) in [6.45, 7) is 2.00. The number of nitrogens with zero attached hydrogens (tertiary/aromatic N) is 1. The normalized spacial score (nSPS) is 16.7. The van der Waals surface area contributed by atoms with Gasteiger partial charge in [-0.2, -0.15) is 0 Å². The average Bonchev–Trinajstić information content (AvgIpc) is 2.92. The standard InChI is InChI=1S/C31H40FNO7.H2O.2H2/c1-18(15-32)4-5-22-14-24(23-6-7-29(40-3)33-16-23)25-12-20(13-28(38)30(25)31(22)39)11-21(8-9-34)26(17-35)27(37)10-19(2)36;;;/h6-7,14,16,18,20-21,26,34-35,39H,4-5,8-13,15,17H2,1-3H3;1H2;2*1H. The smallest absolute Gasteiger partial charge is 0.212 e. The number of fused-ring (bicyclic) bond motifs is 1. The molecule has 0 amide bonds. The number of Topliss-reactive ketones (excluding diaryl/α,β-unsaturated/α-hetero) is 3. The molecular formula is C31H46FNO8. The first kappa shape index (κ1) is 34.0. The lowest BCUT2D eigenvalue weighted by Gasteiger charge is -2.32. The number of aliphatic hydroxyl groups is 2. The first-order valence-electron chi connectivity index (χ1n) is 13.8. The number of aromatic nitrogens is 1. The van der Waals surface area contributed by atoms with E-state index in [4.69, 9.17) is 4.74 Å². The van der Waals surface area contributed by atoms with Gasteiger partial charge in [-0.1, -0.05) is 6.92 Å². The van der Waals surface area contributed by atoms with Gasteiger partial charge in [0, 0.05) is 39.6 Å². The van der Waals surface area contributed by atoms with Crippen LogP contribution in [0.1, 0.15) is 70.3 Å². The van der Waals surface area contributed by atoms with Crippen molar-refractivity contribution in [2.24, 2.45) is 23.7 Å². The minimum absolute atomic E-state index is 0. The Balaban J connectivity index is 0.00000588. The Morgan fingerprint density at radius 2 is 1.95 bits per heavy atom. The summed E-state index contributed by atoms with van der Waals surface area (Å²) in [6, 6.07) is 5.39. The predicted molar refractivity (Wildman–Crippen MR) is 156 cm³/mol. The average molecular weight is 580 g/mol. The molecule has 0 fully saturated rings. The number of aromatic hydroxyl groups is 1. The van der Waals surface area contributed by atoms with Gasteiger partial charge in [0.15, 0.2) is 5.78 Å². The highest BCUT2D eigenvalue weighted by Gasteiger charge is 2.36. The number of halogens is 1. The zero-order chi connectivity index (χ0) is 29.4. The van der Waals surface area contributed by atoms with Gasteiger partial charge >= 0.3 is 0 Å². The van der Waals surface area contributed by atoms with Gasteiger partial charge in [-0.25, -0.2) is 4.98 Å². The molecule has 0 saturated heterocycles. The second-order valence-corrected chi connectivity index (χ2v) is 11.0. The van der Waals surface area contributed by atoms with Crippen LogP contribution in [0.3, 0.4) is 0 Å². The summed E-state index contributed by atoms with van der Waals surface area (Å²) in [6.07, 6.45) is 3.47. The first-order chi connectivity index (χ1) is 19.1. The number of carbonyl (C=O) groups is 3. The van der Waals surface area contributed by atoms with Gasteiger partial charge in [0.25, 0.3) is 0 Å². The number of phenolic OH excluding ortho intramolecular Hbond substituents is 1. The lowest BCUT2D eigenvalue weighted by Crippen LogP contribution is -2.32. The summed E-state index contributed by atoms with van der Waals surface area (Å²) in [7, 11) is 1.52. The van der Waals surface area contributed by atoms with E-state index in [-0.39, 0.29) is 74.7 Å². The summed E-state index contributed by atoms with van der Waals surface area (Å²) in [5.41, 5.74) is 2.99. The fraction of sp³-hybridized carbons (Fsp3) is 0.548. The number of hydrogen-bond acceptors (Lipinski definition) is 8. The lowest BCUT2D eigenvalue weighted by atomic mass is 9.72. The maximum absolute atomic E-state index is 13.5. The number of ketones is 3. The van der Waals surface area contributed by atoms with Gasteiger partial charge in [0.2, 0.25) is 5.88 Å². The Bertz CT molecular complexity index is 1210. The van der Waals surface area contributed by atoms with Gasteiger partial charge in [0.1, 0.15) is 17.3 Å². The van der Waals surface area contributed by atoms with Crippen LogP contribution in [0.5, 0.6) is 11.6 Å². The van der Waals surface area contributed by atoms with E-state index in [1.165, 1.54) is 14.0 Å². The minimum atomic E-state index is -0.814. The molecule has 10 heteroatoms. The Hall–Kier alpha value is -3.21. The number of hydrogen-bond donors (Lipinski definition) is 3. The fourth-order valence-corrected chi connectivity index (χ4v) is 5.73. The van der Waals surface area contributed by atoms with E-state index in [0.717, 1.165) is 11.1 Å². The van der Waals surface area contributed by atoms with E-state index in [1.807, 2.05) is 12.1 Å². The van der Waals surface area contributed by atoms with Crippen molar-refractivity contribution in [1.29, 1.82) is 0 Å². The maximum atomic E-state index is 13.5. The SMILES string of the molecule is COc1ccc(-c2cc(CCC(C)CF)c(O)c3c2CC(CC(CCO)C(CO)C(=O)CC(C)=O)CC3=O)cn1.O.[HH].[HH]. The van der Waals surface area contributed by atoms with E-state index in [2.05, 4.69) is 4.98 Å². The van der Waals surface area contributed by atoms with Crippen molar-refractivity contribution in [3.05, 3.63) is 41.1 Å². The van der Waals surface area contributed by atoms with Crippen LogP contribution in [0.2, 0.25) is 0 Å². The van der Waals surface area contributed by atoms with Crippen molar-refractivity contribution < 1.29 is 47.2 Å². The molecule has 2 aromatic rings. The molecule has 4 unspecified atom stereocenters. The zero-order valence-corrected chi connectivity index (χ0v) is 24.0. The molecular weight excluding hydrogens is 533 g/mol. The van der Waals surface area contributed by atoms with Crippen LogP contribution in [0.4, 0.5) is 4.39 Å². The summed E-state index contributed by atoms with van der Waals surface area (Å²) >= 11 is 0. The molecule has 230 valence electrons. The first-order valence-corrected chi connectivity index (χ1v) is 13.8. The summed E-state index contributed by atoms with van der Waals surface area (Å²) in [5, 5.41) is 30.9. The van der Waals surface area contributed by atoms with Crippen molar-refractivity contribution >= 4 is 17.3 Å². The number of phenols is 1. The van der Waals surface area contributed by atoms with Crippen molar-refractivity contribution in [3.8, 4) is 22.8 Å². The molecule has 9 nitrogen and oxygen atoms in total. The van der Waals surface area contributed by atoms with Gasteiger partial charge in [-0.15, -0.1) is 0 Å². The van der Waals surface area contributed by atoms with Gasteiger partial charge in [-0.3, -0.25) is 18.8 Å². The van der Waals surface area contributed by atoms with Crippen molar-refractivity contribution in [1.82, 2.24) is 4.98 Å². The van der Waals surface area contributed by atoms with Crippen LogP contribution in [-0.2, 0) is 22.4 Å². The molecule has 3 rings (SSSR count). The van der Waals surface area contributed by atoms with Crippen molar-refractivity contribution in [3.63, 3.8) is 0 Å². The fourth-order valence-electron chi connectivity index (χ4n) is 5.73. The molecule has 1 aromatic heterocycles. The third-order valence-electron chi connectivity index (χ3n) is 7.90. The van der Waals surface area contributed by atoms with E-state index < -0.39 is 25.1 Å². The third-order valence-corrected chi connectivity index (χ3v) is 7.90. The molecule has 1 aliphatic rings. The van der Waals surface area contributed by atoms with Crippen molar-refractivity contribution in [2.45, 2.75) is 58.8 Å². The molecule has 0 radical (unpaired) electrons. The number of ether oxygens (including phenoxy) is 1. The van der Waals surface area contributed by atoms with Gasteiger partial charge in [-0.05, 0) is 85.6 Å². The molecule has 1 aromatic carbocycles. The largest absolute Gasteiger partial charge is 0.507 e. The minimum Gasteiger partial charge on any atom is -0.507 e. The molecule has 5 N–H and O–H groups in total. The van der Waals surface area contributed by atoms with Crippen LogP contribution in [-0.4, -0.2) is 70.1 Å². The van der Waals surface area contributed by atoms with Gasteiger partial charge < -0.3 is 25.5 Å². The van der Waals surface area contributed by atoms with E-state index in [0.29, 0.717) is 42.7 Å². The Kier molecular flexibility index (Phi) is 13.0. The summed E-state index contributed by atoms with van der Waals surface area (Å²) < 4.78 is 18.3. The van der Waals surface area contributed by atoms with E-state index in [9.17, 15) is 34.1 Å². The monoisotopic (exact) mass is 579 g/mol. The van der Waals surface area contributed by atoms with Gasteiger partial charge in [0.05, 0.1) is 32.4 Å². The van der Waals surface area contributed by atoms with E-state index >= 15 is 0 Å². The number of aliphatic hydroxyl groups excluding tert-OH is 2. The topological polar surface area (TPSA) is 166 Å².